The summed E-state index contributed by atoms with van der Waals surface area (Å²) in [6.45, 7) is 0. The molecule has 6 nitrogen and oxygen atoms in total. The van der Waals surface area contributed by atoms with E-state index in [-0.39, 0.29) is 0 Å². The van der Waals surface area contributed by atoms with Gasteiger partial charge in [0.15, 0.2) is 17.5 Å². The SMILES string of the molecule is c1ccc(-c2cccc(-c3ccc4oc5c(-c6nc(-c7ccccc7)nc(-c7ccc8c(c7)oc7ccccc78)n6)cc(-n6c7ccccc7c7ccccc76)cc5c4c3)c2)cc1. The highest BCUT2D eigenvalue weighted by Crippen LogP contribution is 2.42. The van der Waals surface area contributed by atoms with Gasteiger partial charge in [-0.1, -0.05) is 146 Å². The second-order valence-electron chi connectivity index (χ2n) is 16.0. The Kier molecular flexibility index (Phi) is 7.80. The molecule has 0 radical (unpaired) electrons. The Morgan fingerprint density at radius 2 is 0.857 bits per heavy atom. The number of aromatic nitrogens is 4. The molecule has 0 saturated heterocycles. The molecule has 0 saturated carbocycles. The average Bonchev–Trinajstić information content (AvgIpc) is 4.03. The Balaban J connectivity index is 1.08. The van der Waals surface area contributed by atoms with Crippen LogP contribution in [-0.4, -0.2) is 19.5 Å². The highest BCUT2D eigenvalue weighted by molar-refractivity contribution is 6.13. The third kappa shape index (κ3) is 5.76. The number of nitrogens with zero attached hydrogens (tertiary/aromatic N) is 4. The first-order chi connectivity index (χ1) is 31.2. The van der Waals surface area contributed by atoms with E-state index in [4.69, 9.17) is 23.8 Å². The van der Waals surface area contributed by atoms with Crippen LogP contribution in [0.4, 0.5) is 0 Å². The number of hydrogen-bond acceptors (Lipinski definition) is 5. The van der Waals surface area contributed by atoms with Crippen molar-refractivity contribution in [3.8, 4) is 62.1 Å². The van der Waals surface area contributed by atoms with Crippen LogP contribution >= 0.6 is 0 Å². The maximum absolute atomic E-state index is 6.93. The molecule has 4 heterocycles. The van der Waals surface area contributed by atoms with Gasteiger partial charge in [0.25, 0.3) is 0 Å². The van der Waals surface area contributed by atoms with Crippen molar-refractivity contribution >= 4 is 65.7 Å². The Hall–Kier alpha value is -8.61. The summed E-state index contributed by atoms with van der Waals surface area (Å²) < 4.78 is 15.6. The minimum atomic E-state index is 0.506. The summed E-state index contributed by atoms with van der Waals surface area (Å²) in [4.78, 5) is 15.7. The van der Waals surface area contributed by atoms with Crippen molar-refractivity contribution in [2.45, 2.75) is 0 Å². The Morgan fingerprint density at radius 1 is 0.302 bits per heavy atom. The molecule has 0 fully saturated rings. The molecule has 294 valence electrons. The molecule has 0 aliphatic carbocycles. The third-order valence-electron chi connectivity index (χ3n) is 12.2. The van der Waals surface area contributed by atoms with Gasteiger partial charge < -0.3 is 13.4 Å². The molecule has 4 aromatic heterocycles. The van der Waals surface area contributed by atoms with Gasteiger partial charge in [0.05, 0.1) is 16.6 Å². The molecule has 63 heavy (non-hydrogen) atoms. The van der Waals surface area contributed by atoms with Crippen molar-refractivity contribution in [3.05, 3.63) is 206 Å². The van der Waals surface area contributed by atoms with E-state index in [2.05, 4.69) is 156 Å². The molecule has 0 aliphatic rings. The van der Waals surface area contributed by atoms with E-state index in [1.54, 1.807) is 0 Å². The van der Waals surface area contributed by atoms with Crippen molar-refractivity contribution in [1.82, 2.24) is 19.5 Å². The first-order valence-corrected chi connectivity index (χ1v) is 21.1. The van der Waals surface area contributed by atoms with Crippen molar-refractivity contribution < 1.29 is 8.83 Å². The summed E-state index contributed by atoms with van der Waals surface area (Å²) in [7, 11) is 0. The topological polar surface area (TPSA) is 69.9 Å². The van der Waals surface area contributed by atoms with Crippen LogP contribution in [0.25, 0.3) is 128 Å². The Morgan fingerprint density at radius 3 is 1.62 bits per heavy atom. The lowest BCUT2D eigenvalue weighted by Crippen LogP contribution is -2.01. The minimum Gasteiger partial charge on any atom is -0.456 e. The largest absolute Gasteiger partial charge is 0.456 e. The van der Waals surface area contributed by atoms with Gasteiger partial charge >= 0.3 is 0 Å². The minimum absolute atomic E-state index is 0.506. The van der Waals surface area contributed by atoms with E-state index in [1.165, 1.54) is 21.9 Å². The van der Waals surface area contributed by atoms with Crippen molar-refractivity contribution in [3.63, 3.8) is 0 Å². The highest BCUT2D eigenvalue weighted by Gasteiger charge is 2.22. The number of rotatable bonds is 6. The predicted octanol–water partition coefficient (Wildman–Crippen LogP) is 15.1. The van der Waals surface area contributed by atoms with Crippen LogP contribution in [0.3, 0.4) is 0 Å². The van der Waals surface area contributed by atoms with E-state index in [1.807, 2.05) is 54.6 Å². The summed E-state index contributed by atoms with van der Waals surface area (Å²) >= 11 is 0. The quantitative estimate of drug-likeness (QED) is 0.167. The van der Waals surface area contributed by atoms with Crippen LogP contribution in [0.2, 0.25) is 0 Å². The van der Waals surface area contributed by atoms with E-state index in [0.717, 1.165) is 82.8 Å². The lowest BCUT2D eigenvalue weighted by molar-refractivity contribution is 0.668. The molecular formula is C57H34N4O2. The van der Waals surface area contributed by atoms with Crippen LogP contribution in [0.5, 0.6) is 0 Å². The highest BCUT2D eigenvalue weighted by atomic mass is 16.3. The molecule has 0 atom stereocenters. The van der Waals surface area contributed by atoms with E-state index < -0.39 is 0 Å². The number of furan rings is 2. The van der Waals surface area contributed by atoms with Crippen LogP contribution in [0.1, 0.15) is 0 Å². The van der Waals surface area contributed by atoms with Crippen LogP contribution in [0, 0.1) is 0 Å². The monoisotopic (exact) mass is 806 g/mol. The maximum Gasteiger partial charge on any atom is 0.167 e. The predicted molar refractivity (Wildman–Crippen MR) is 256 cm³/mol. The van der Waals surface area contributed by atoms with Gasteiger partial charge in [-0.25, -0.2) is 15.0 Å². The molecule has 9 aromatic carbocycles. The normalized spacial score (nSPS) is 11.8. The van der Waals surface area contributed by atoms with Crippen molar-refractivity contribution in [1.29, 1.82) is 0 Å². The number of benzene rings is 9. The van der Waals surface area contributed by atoms with E-state index in [0.29, 0.717) is 23.1 Å². The molecule has 13 aromatic rings. The van der Waals surface area contributed by atoms with Gasteiger partial charge in [0.1, 0.15) is 22.3 Å². The van der Waals surface area contributed by atoms with Gasteiger partial charge in [0, 0.05) is 49.1 Å². The van der Waals surface area contributed by atoms with Gasteiger partial charge in [-0.05, 0) is 82.9 Å². The zero-order valence-corrected chi connectivity index (χ0v) is 33.7. The van der Waals surface area contributed by atoms with Gasteiger partial charge in [-0.15, -0.1) is 0 Å². The Labute approximate surface area is 361 Å². The van der Waals surface area contributed by atoms with Crippen molar-refractivity contribution in [2.75, 3.05) is 0 Å². The van der Waals surface area contributed by atoms with Crippen LogP contribution in [-0.2, 0) is 0 Å². The summed E-state index contributed by atoms with van der Waals surface area (Å²) in [6.07, 6.45) is 0. The zero-order valence-electron chi connectivity index (χ0n) is 33.7. The summed E-state index contributed by atoms with van der Waals surface area (Å²) in [6, 6.07) is 71.7. The molecule has 0 aliphatic heterocycles. The summed E-state index contributed by atoms with van der Waals surface area (Å²) in [5.41, 5.74) is 13.3. The molecule has 0 bridgehead atoms. The molecule has 0 unspecified atom stereocenters. The molecule has 0 spiro atoms. The smallest absolute Gasteiger partial charge is 0.167 e. The third-order valence-corrected chi connectivity index (χ3v) is 12.2. The number of hydrogen-bond donors (Lipinski definition) is 0. The number of fused-ring (bicyclic) bond motifs is 9. The maximum atomic E-state index is 6.93. The number of para-hydroxylation sites is 3. The molecule has 0 N–H and O–H groups in total. The van der Waals surface area contributed by atoms with Gasteiger partial charge in [-0.3, -0.25) is 0 Å². The van der Waals surface area contributed by atoms with Crippen LogP contribution < -0.4 is 0 Å². The van der Waals surface area contributed by atoms with E-state index >= 15 is 0 Å². The van der Waals surface area contributed by atoms with Gasteiger partial charge in [0.2, 0.25) is 0 Å². The average molecular weight is 807 g/mol. The van der Waals surface area contributed by atoms with E-state index in [9.17, 15) is 0 Å². The lowest BCUT2D eigenvalue weighted by atomic mass is 9.97. The fraction of sp³-hybridized carbons (Fsp3) is 0. The molecule has 13 rings (SSSR count). The summed E-state index contributed by atoms with van der Waals surface area (Å²) in [5.74, 6) is 1.60. The lowest BCUT2D eigenvalue weighted by Gasteiger charge is -2.12. The standard InChI is InChI=1S/C57H34N4O2/c1-3-14-35(15-4-1)37-18-13-19-38(30-37)39-27-29-52-46(31-39)47-33-41(61-49-23-10-7-20-42(49)43-21-8-11-24-50(43)61)34-48(54(47)63-52)57-59-55(36-16-5-2-6-17-36)58-56(60-57)40-26-28-45-44-22-9-12-25-51(44)62-53(45)32-40/h1-34H. The fourth-order valence-corrected chi connectivity index (χ4v) is 9.25. The molecule has 6 heteroatoms. The van der Waals surface area contributed by atoms with Gasteiger partial charge in [-0.2, -0.15) is 0 Å². The summed E-state index contributed by atoms with van der Waals surface area (Å²) in [5, 5.41) is 6.45. The first kappa shape index (κ1) is 35.2. The van der Waals surface area contributed by atoms with Crippen molar-refractivity contribution in [2.24, 2.45) is 0 Å². The second kappa shape index (κ2) is 14.0. The first-order valence-electron chi connectivity index (χ1n) is 21.1. The van der Waals surface area contributed by atoms with Crippen LogP contribution in [0.15, 0.2) is 215 Å². The second-order valence-corrected chi connectivity index (χ2v) is 16.0. The molecule has 0 amide bonds. The Bertz CT molecular complexity index is 3870. The molecular weight excluding hydrogens is 773 g/mol. The fourth-order valence-electron chi connectivity index (χ4n) is 9.25. The zero-order chi connectivity index (χ0) is 41.4.